The highest BCUT2D eigenvalue weighted by Crippen LogP contribution is 2.19. The van der Waals surface area contributed by atoms with E-state index in [1.807, 2.05) is 0 Å². The molecule has 98 valence electrons. The van der Waals surface area contributed by atoms with Crippen molar-refractivity contribution in [2.24, 2.45) is 5.92 Å². The molecule has 1 aromatic carbocycles. The summed E-state index contributed by atoms with van der Waals surface area (Å²) in [5.41, 5.74) is 2.44. The molecule has 0 radical (unpaired) electrons. The Bertz CT molecular complexity index is 497. The van der Waals surface area contributed by atoms with E-state index in [0.717, 1.165) is 24.4 Å². The summed E-state index contributed by atoms with van der Waals surface area (Å²) in [4.78, 5) is 4.79. The average molecular weight is 244 g/mol. The first kappa shape index (κ1) is 13.1. The monoisotopic (exact) mass is 244 g/mol. The fraction of sp³-hybridized carbons (Fsp3) is 0.562. The van der Waals surface area contributed by atoms with Crippen LogP contribution in [-0.2, 0) is 13.0 Å². The lowest BCUT2D eigenvalue weighted by atomic mass is 10.1. The van der Waals surface area contributed by atoms with E-state index in [1.54, 1.807) is 0 Å². The van der Waals surface area contributed by atoms with E-state index in [0.29, 0.717) is 0 Å². The van der Waals surface area contributed by atoms with Crippen LogP contribution in [-0.4, -0.2) is 9.55 Å². The smallest absolute Gasteiger partial charge is 0.109 e. The second-order valence-corrected chi connectivity index (χ2v) is 5.45. The summed E-state index contributed by atoms with van der Waals surface area (Å²) >= 11 is 0. The lowest BCUT2D eigenvalue weighted by Gasteiger charge is -2.10. The lowest BCUT2D eigenvalue weighted by molar-refractivity contribution is 0.509. The summed E-state index contributed by atoms with van der Waals surface area (Å²) in [6.07, 6.45) is 4.78. The quantitative estimate of drug-likeness (QED) is 0.735. The number of hydrogen-bond donors (Lipinski definition) is 0. The maximum Gasteiger partial charge on any atom is 0.109 e. The van der Waals surface area contributed by atoms with Gasteiger partial charge in [0.05, 0.1) is 11.0 Å². The summed E-state index contributed by atoms with van der Waals surface area (Å²) in [5.74, 6) is 2.00. The third-order valence-corrected chi connectivity index (χ3v) is 3.42. The zero-order valence-electron chi connectivity index (χ0n) is 11.8. The second-order valence-electron chi connectivity index (χ2n) is 5.45. The lowest BCUT2D eigenvalue weighted by Crippen LogP contribution is -2.06. The van der Waals surface area contributed by atoms with Crippen LogP contribution in [0.15, 0.2) is 24.3 Å². The van der Waals surface area contributed by atoms with Gasteiger partial charge in [-0.3, -0.25) is 0 Å². The van der Waals surface area contributed by atoms with Gasteiger partial charge in [-0.2, -0.15) is 0 Å². The van der Waals surface area contributed by atoms with Gasteiger partial charge < -0.3 is 4.57 Å². The van der Waals surface area contributed by atoms with Gasteiger partial charge in [0.2, 0.25) is 0 Å². The largest absolute Gasteiger partial charge is 0.328 e. The van der Waals surface area contributed by atoms with Crippen molar-refractivity contribution in [1.29, 1.82) is 0 Å². The van der Waals surface area contributed by atoms with E-state index < -0.39 is 0 Å². The van der Waals surface area contributed by atoms with E-state index in [1.165, 1.54) is 30.6 Å². The van der Waals surface area contributed by atoms with E-state index in [4.69, 9.17) is 4.98 Å². The van der Waals surface area contributed by atoms with Crippen LogP contribution >= 0.6 is 0 Å². The zero-order chi connectivity index (χ0) is 13.0. The van der Waals surface area contributed by atoms with E-state index >= 15 is 0 Å². The van der Waals surface area contributed by atoms with E-state index in [2.05, 4.69) is 49.6 Å². The number of unbranched alkanes of at least 4 members (excludes halogenated alkanes) is 1. The van der Waals surface area contributed by atoms with Crippen LogP contribution in [0, 0.1) is 5.92 Å². The predicted octanol–water partition coefficient (Wildman–Crippen LogP) is 4.43. The van der Waals surface area contributed by atoms with Crippen LogP contribution in [0.5, 0.6) is 0 Å². The number of fused-ring (bicyclic) bond motifs is 1. The van der Waals surface area contributed by atoms with Gasteiger partial charge in [0.1, 0.15) is 5.82 Å². The average Bonchev–Trinajstić information content (AvgIpc) is 2.71. The van der Waals surface area contributed by atoms with Gasteiger partial charge >= 0.3 is 0 Å². The number of imidazole rings is 1. The number of para-hydroxylation sites is 2. The summed E-state index contributed by atoms with van der Waals surface area (Å²) in [6, 6.07) is 8.50. The first-order valence-corrected chi connectivity index (χ1v) is 7.16. The molecule has 2 rings (SSSR count). The van der Waals surface area contributed by atoms with Gasteiger partial charge in [-0.05, 0) is 30.9 Å². The molecule has 0 unspecified atom stereocenters. The molecule has 0 aliphatic heterocycles. The van der Waals surface area contributed by atoms with Crippen LogP contribution in [0.1, 0.15) is 45.9 Å². The van der Waals surface area contributed by atoms with Crippen LogP contribution in [0.25, 0.3) is 11.0 Å². The highest BCUT2D eigenvalue weighted by molar-refractivity contribution is 5.75. The predicted molar refractivity (Wildman–Crippen MR) is 77.8 cm³/mol. The van der Waals surface area contributed by atoms with Gasteiger partial charge in [0.25, 0.3) is 0 Å². The van der Waals surface area contributed by atoms with Crippen LogP contribution in [0.2, 0.25) is 0 Å². The molecule has 2 aromatic rings. The highest BCUT2D eigenvalue weighted by Gasteiger charge is 2.09. The number of rotatable bonds is 6. The minimum Gasteiger partial charge on any atom is -0.328 e. The molecular weight excluding hydrogens is 220 g/mol. The Hall–Kier alpha value is -1.31. The molecule has 0 N–H and O–H groups in total. The summed E-state index contributed by atoms with van der Waals surface area (Å²) in [5, 5.41) is 0. The van der Waals surface area contributed by atoms with Crippen molar-refractivity contribution < 1.29 is 0 Å². The molecule has 0 saturated carbocycles. The summed E-state index contributed by atoms with van der Waals surface area (Å²) in [6.45, 7) is 7.90. The number of benzene rings is 1. The molecule has 0 fully saturated rings. The van der Waals surface area contributed by atoms with E-state index in [9.17, 15) is 0 Å². The van der Waals surface area contributed by atoms with Crippen LogP contribution in [0.3, 0.4) is 0 Å². The Morgan fingerprint density at radius 3 is 2.72 bits per heavy atom. The normalized spacial score (nSPS) is 11.6. The standard InChI is InChI=1S/C16H24N2/c1-4-5-10-16-17-14-8-6-7-9-15(14)18(16)12-11-13(2)3/h6-9,13H,4-5,10-12H2,1-3H3. The Morgan fingerprint density at radius 2 is 2.00 bits per heavy atom. The molecule has 1 aromatic heterocycles. The zero-order valence-corrected chi connectivity index (χ0v) is 11.8. The van der Waals surface area contributed by atoms with Crippen LogP contribution in [0.4, 0.5) is 0 Å². The van der Waals surface area contributed by atoms with Crippen molar-refractivity contribution in [3.8, 4) is 0 Å². The number of aromatic nitrogens is 2. The highest BCUT2D eigenvalue weighted by atomic mass is 15.1. The molecule has 2 heteroatoms. The summed E-state index contributed by atoms with van der Waals surface area (Å²) in [7, 11) is 0. The Morgan fingerprint density at radius 1 is 1.22 bits per heavy atom. The molecule has 2 nitrogen and oxygen atoms in total. The van der Waals surface area contributed by atoms with Gasteiger partial charge in [-0.1, -0.05) is 39.3 Å². The van der Waals surface area contributed by atoms with Crippen molar-refractivity contribution >= 4 is 11.0 Å². The minimum atomic E-state index is 0.741. The molecule has 0 amide bonds. The third-order valence-electron chi connectivity index (χ3n) is 3.42. The molecule has 1 heterocycles. The van der Waals surface area contributed by atoms with Crippen molar-refractivity contribution in [3.05, 3.63) is 30.1 Å². The Labute approximate surface area is 110 Å². The van der Waals surface area contributed by atoms with Crippen molar-refractivity contribution in [2.75, 3.05) is 0 Å². The molecule has 0 aliphatic carbocycles. The fourth-order valence-corrected chi connectivity index (χ4v) is 2.29. The molecule has 0 spiro atoms. The van der Waals surface area contributed by atoms with Crippen LogP contribution < -0.4 is 0 Å². The number of aryl methyl sites for hydroxylation is 2. The molecular formula is C16H24N2. The number of hydrogen-bond acceptors (Lipinski definition) is 1. The summed E-state index contributed by atoms with van der Waals surface area (Å²) < 4.78 is 2.42. The van der Waals surface area contributed by atoms with Crippen molar-refractivity contribution in [3.63, 3.8) is 0 Å². The maximum atomic E-state index is 4.79. The molecule has 18 heavy (non-hydrogen) atoms. The van der Waals surface area contributed by atoms with Crippen molar-refractivity contribution in [2.45, 2.75) is 53.0 Å². The molecule has 0 aliphatic rings. The van der Waals surface area contributed by atoms with Crippen molar-refractivity contribution in [1.82, 2.24) is 9.55 Å². The molecule has 0 saturated heterocycles. The van der Waals surface area contributed by atoms with Gasteiger partial charge in [-0.25, -0.2) is 4.98 Å². The third kappa shape index (κ3) is 2.92. The topological polar surface area (TPSA) is 17.8 Å². The van der Waals surface area contributed by atoms with E-state index in [-0.39, 0.29) is 0 Å². The molecule has 0 atom stereocenters. The van der Waals surface area contributed by atoms with Gasteiger partial charge in [-0.15, -0.1) is 0 Å². The van der Waals surface area contributed by atoms with Gasteiger partial charge in [0.15, 0.2) is 0 Å². The Kier molecular flexibility index (Phi) is 4.40. The Balaban J connectivity index is 2.31. The fourth-order valence-electron chi connectivity index (χ4n) is 2.29. The molecule has 0 bridgehead atoms. The van der Waals surface area contributed by atoms with Gasteiger partial charge in [0, 0.05) is 13.0 Å². The SMILES string of the molecule is CCCCc1nc2ccccc2n1CCC(C)C. The first-order valence-electron chi connectivity index (χ1n) is 7.16. The second kappa shape index (κ2) is 6.03. The number of nitrogens with zero attached hydrogens (tertiary/aromatic N) is 2. The maximum absolute atomic E-state index is 4.79. The minimum absolute atomic E-state index is 0.741. The first-order chi connectivity index (χ1) is 8.72.